The van der Waals surface area contributed by atoms with E-state index in [1.165, 1.54) is 41.2 Å². The van der Waals surface area contributed by atoms with Crippen LogP contribution in [0.15, 0.2) is 6.07 Å². The summed E-state index contributed by atoms with van der Waals surface area (Å²) in [6, 6.07) is 2.40. The van der Waals surface area contributed by atoms with Crippen molar-refractivity contribution in [3.63, 3.8) is 0 Å². The van der Waals surface area contributed by atoms with Crippen molar-refractivity contribution in [3.8, 4) is 0 Å². The molecule has 0 radical (unpaired) electrons. The first-order valence-corrected chi connectivity index (χ1v) is 8.05. The fraction of sp³-hybridized carbons (Fsp3) is 0.733. The van der Waals surface area contributed by atoms with E-state index in [4.69, 9.17) is 0 Å². The summed E-state index contributed by atoms with van der Waals surface area (Å²) in [5.74, 6) is 0.991. The minimum atomic E-state index is 0.991. The van der Waals surface area contributed by atoms with Crippen LogP contribution in [0.2, 0.25) is 0 Å². The number of aryl methyl sites for hydroxylation is 1. The van der Waals surface area contributed by atoms with Crippen LogP contribution >= 0.6 is 11.3 Å². The number of nitrogens with one attached hydrogen (secondary N) is 1. The van der Waals surface area contributed by atoms with Crippen molar-refractivity contribution in [1.82, 2.24) is 10.2 Å². The van der Waals surface area contributed by atoms with Crippen LogP contribution in [0.4, 0.5) is 0 Å². The lowest BCUT2D eigenvalue weighted by atomic mass is 10.2. The van der Waals surface area contributed by atoms with E-state index in [2.05, 4.69) is 37.1 Å². The van der Waals surface area contributed by atoms with Gasteiger partial charge in [-0.1, -0.05) is 13.8 Å². The Morgan fingerprint density at radius 1 is 1.39 bits per heavy atom. The van der Waals surface area contributed by atoms with Crippen molar-refractivity contribution in [2.45, 2.75) is 46.7 Å². The molecule has 0 atom stereocenters. The molecular weight excluding hydrogens is 240 g/mol. The summed E-state index contributed by atoms with van der Waals surface area (Å²) in [6.45, 7) is 12.4. The summed E-state index contributed by atoms with van der Waals surface area (Å²) in [7, 11) is 0. The number of hydrogen-bond acceptors (Lipinski definition) is 3. The third-order valence-corrected chi connectivity index (χ3v) is 4.77. The van der Waals surface area contributed by atoms with Gasteiger partial charge in [-0.05, 0) is 50.4 Å². The maximum atomic E-state index is 3.41. The first-order chi connectivity index (χ1) is 8.72. The van der Waals surface area contributed by atoms with Gasteiger partial charge in [-0.25, -0.2) is 0 Å². The minimum absolute atomic E-state index is 0.991. The molecule has 0 spiro atoms. The van der Waals surface area contributed by atoms with Gasteiger partial charge in [0.05, 0.1) is 0 Å². The van der Waals surface area contributed by atoms with Gasteiger partial charge in [0.1, 0.15) is 0 Å². The molecule has 18 heavy (non-hydrogen) atoms. The Hall–Kier alpha value is -0.380. The van der Waals surface area contributed by atoms with E-state index in [-0.39, 0.29) is 0 Å². The molecule has 0 aliphatic heterocycles. The molecule has 2 nitrogen and oxygen atoms in total. The van der Waals surface area contributed by atoms with Crippen molar-refractivity contribution in [2.75, 3.05) is 19.6 Å². The summed E-state index contributed by atoms with van der Waals surface area (Å²) in [5.41, 5.74) is 1.54. The van der Waals surface area contributed by atoms with Gasteiger partial charge in [-0.15, -0.1) is 11.3 Å². The maximum Gasteiger partial charge on any atom is 0.0299 e. The number of thiophene rings is 1. The summed E-state index contributed by atoms with van der Waals surface area (Å²) >= 11 is 1.95. The van der Waals surface area contributed by atoms with Crippen LogP contribution in [-0.2, 0) is 13.1 Å². The molecule has 0 bridgehead atoms. The topological polar surface area (TPSA) is 15.3 Å². The van der Waals surface area contributed by atoms with Crippen molar-refractivity contribution < 1.29 is 0 Å². The lowest BCUT2D eigenvalue weighted by Crippen LogP contribution is -2.25. The Balaban J connectivity index is 1.91. The summed E-state index contributed by atoms with van der Waals surface area (Å²) in [5, 5.41) is 3.41. The van der Waals surface area contributed by atoms with Gasteiger partial charge in [0, 0.05) is 29.4 Å². The van der Waals surface area contributed by atoms with Gasteiger partial charge in [0.2, 0.25) is 0 Å². The normalized spacial score (nSPS) is 15.6. The highest BCUT2D eigenvalue weighted by molar-refractivity contribution is 7.12. The molecular formula is C15H26N2S. The summed E-state index contributed by atoms with van der Waals surface area (Å²) in [4.78, 5) is 5.58. The highest BCUT2D eigenvalue weighted by Gasteiger charge is 2.24. The molecule has 1 saturated carbocycles. The van der Waals surface area contributed by atoms with Gasteiger partial charge >= 0.3 is 0 Å². The molecule has 0 aromatic carbocycles. The quantitative estimate of drug-likeness (QED) is 0.776. The average Bonchev–Trinajstić information content (AvgIpc) is 3.11. The first kappa shape index (κ1) is 14.0. The van der Waals surface area contributed by atoms with Crippen molar-refractivity contribution in [2.24, 2.45) is 5.92 Å². The Bertz CT molecular complexity index is 369. The third kappa shape index (κ3) is 4.08. The van der Waals surface area contributed by atoms with Gasteiger partial charge < -0.3 is 5.32 Å². The van der Waals surface area contributed by atoms with Crippen LogP contribution in [-0.4, -0.2) is 24.5 Å². The zero-order valence-corrected chi connectivity index (χ0v) is 12.8. The van der Waals surface area contributed by atoms with E-state index < -0.39 is 0 Å². The van der Waals surface area contributed by atoms with E-state index in [1.54, 1.807) is 0 Å². The molecule has 0 unspecified atom stereocenters. The first-order valence-electron chi connectivity index (χ1n) is 7.24. The zero-order chi connectivity index (χ0) is 13.0. The minimum Gasteiger partial charge on any atom is -0.312 e. The van der Waals surface area contributed by atoms with E-state index in [1.807, 2.05) is 11.3 Å². The lowest BCUT2D eigenvalue weighted by Gasteiger charge is -2.19. The standard InChI is InChI=1S/C15H26N2S/c1-4-16-9-15-8-14(12(3)18-15)11-17(5-2)10-13-6-7-13/h8,13,16H,4-7,9-11H2,1-3H3. The fourth-order valence-corrected chi connectivity index (χ4v) is 3.32. The van der Waals surface area contributed by atoms with Crippen LogP contribution in [0.3, 0.4) is 0 Å². The molecule has 1 fully saturated rings. The van der Waals surface area contributed by atoms with Crippen molar-refractivity contribution in [3.05, 3.63) is 21.4 Å². The van der Waals surface area contributed by atoms with Gasteiger partial charge in [0.25, 0.3) is 0 Å². The molecule has 1 aliphatic carbocycles. The molecule has 3 heteroatoms. The van der Waals surface area contributed by atoms with Crippen molar-refractivity contribution >= 4 is 11.3 Å². The number of nitrogens with zero attached hydrogens (tertiary/aromatic N) is 1. The second-order valence-corrected chi connectivity index (χ2v) is 6.69. The highest BCUT2D eigenvalue weighted by Crippen LogP contribution is 2.31. The SMILES string of the molecule is CCNCc1cc(CN(CC)CC2CC2)c(C)s1. The Labute approximate surface area is 115 Å². The predicted octanol–water partition coefficient (Wildman–Crippen LogP) is 3.40. The molecule has 2 rings (SSSR count). The van der Waals surface area contributed by atoms with E-state index in [0.29, 0.717) is 0 Å². The number of hydrogen-bond donors (Lipinski definition) is 1. The fourth-order valence-electron chi connectivity index (χ4n) is 2.29. The van der Waals surface area contributed by atoms with E-state index in [0.717, 1.165) is 25.6 Å². The molecule has 1 aromatic heterocycles. The molecule has 102 valence electrons. The van der Waals surface area contributed by atoms with Crippen LogP contribution in [0.1, 0.15) is 42.0 Å². The Morgan fingerprint density at radius 3 is 2.78 bits per heavy atom. The van der Waals surface area contributed by atoms with E-state index >= 15 is 0 Å². The van der Waals surface area contributed by atoms with Crippen LogP contribution in [0, 0.1) is 12.8 Å². The van der Waals surface area contributed by atoms with Crippen LogP contribution in [0.25, 0.3) is 0 Å². The lowest BCUT2D eigenvalue weighted by molar-refractivity contribution is 0.268. The smallest absolute Gasteiger partial charge is 0.0299 e. The average molecular weight is 266 g/mol. The molecule has 0 saturated heterocycles. The molecule has 1 aromatic rings. The van der Waals surface area contributed by atoms with Gasteiger partial charge in [0.15, 0.2) is 0 Å². The predicted molar refractivity (Wildman–Crippen MR) is 80.1 cm³/mol. The van der Waals surface area contributed by atoms with Gasteiger partial charge in [-0.3, -0.25) is 4.90 Å². The number of rotatable bonds is 8. The van der Waals surface area contributed by atoms with Crippen molar-refractivity contribution in [1.29, 1.82) is 0 Å². The van der Waals surface area contributed by atoms with E-state index in [9.17, 15) is 0 Å². The largest absolute Gasteiger partial charge is 0.312 e. The summed E-state index contributed by atoms with van der Waals surface area (Å²) < 4.78 is 0. The monoisotopic (exact) mass is 266 g/mol. The molecule has 1 aliphatic rings. The van der Waals surface area contributed by atoms with Crippen LogP contribution in [0.5, 0.6) is 0 Å². The maximum absolute atomic E-state index is 3.41. The van der Waals surface area contributed by atoms with Crippen LogP contribution < -0.4 is 5.32 Å². The Kier molecular flexibility index (Phi) is 5.22. The molecule has 0 amide bonds. The highest BCUT2D eigenvalue weighted by atomic mass is 32.1. The van der Waals surface area contributed by atoms with Gasteiger partial charge in [-0.2, -0.15) is 0 Å². The second kappa shape index (κ2) is 6.69. The Morgan fingerprint density at radius 2 is 2.17 bits per heavy atom. The zero-order valence-electron chi connectivity index (χ0n) is 12.0. The molecule has 1 N–H and O–H groups in total. The third-order valence-electron chi connectivity index (χ3n) is 3.68. The second-order valence-electron chi connectivity index (χ2n) is 5.35. The summed E-state index contributed by atoms with van der Waals surface area (Å²) in [6.07, 6.45) is 2.90. The molecule has 1 heterocycles.